The molecule has 4 unspecified atom stereocenters. The van der Waals surface area contributed by atoms with E-state index in [2.05, 4.69) is 5.32 Å². The number of nitrogens with one attached hydrogen (secondary N) is 1. The van der Waals surface area contributed by atoms with Crippen LogP contribution in [0, 0.1) is 11.8 Å². The Morgan fingerprint density at radius 2 is 1.93 bits per heavy atom. The molecule has 30 heavy (non-hydrogen) atoms. The highest BCUT2D eigenvalue weighted by atomic mass is 35.5. The predicted octanol–water partition coefficient (Wildman–Crippen LogP) is 2.35. The van der Waals surface area contributed by atoms with E-state index in [-0.39, 0.29) is 17.0 Å². The van der Waals surface area contributed by atoms with Crippen molar-refractivity contribution < 1.29 is 29.3 Å². The van der Waals surface area contributed by atoms with Crippen molar-refractivity contribution in [1.29, 1.82) is 0 Å². The van der Waals surface area contributed by atoms with Crippen molar-refractivity contribution in [3.05, 3.63) is 53.1 Å². The van der Waals surface area contributed by atoms with Crippen molar-refractivity contribution in [2.45, 2.75) is 18.5 Å². The number of halogens is 1. The molecule has 2 aliphatic heterocycles. The highest BCUT2D eigenvalue weighted by Crippen LogP contribution is 2.51. The zero-order valence-electron chi connectivity index (χ0n) is 16.1. The number of aliphatic carboxylic acids is 1. The number of rotatable bonds is 4. The molecule has 2 saturated heterocycles. The quantitative estimate of drug-likeness (QED) is 0.637. The van der Waals surface area contributed by atoms with Gasteiger partial charge >= 0.3 is 5.97 Å². The van der Waals surface area contributed by atoms with E-state index in [1.807, 2.05) is 0 Å². The molecule has 0 aliphatic carbocycles. The fourth-order valence-corrected chi connectivity index (χ4v) is 4.57. The number of benzene rings is 2. The Morgan fingerprint density at radius 3 is 2.57 bits per heavy atom. The molecule has 8 nitrogen and oxygen atoms in total. The molecular formula is C21H19ClN2O6. The van der Waals surface area contributed by atoms with Gasteiger partial charge in [0.25, 0.3) is 0 Å². The molecule has 0 saturated carbocycles. The van der Waals surface area contributed by atoms with Gasteiger partial charge in [-0.3, -0.25) is 19.7 Å². The van der Waals surface area contributed by atoms with E-state index < -0.39 is 41.2 Å². The molecule has 4 rings (SSSR count). The molecule has 0 bridgehead atoms. The molecule has 2 aliphatic rings. The minimum Gasteiger partial charge on any atom is -0.508 e. The zero-order valence-corrected chi connectivity index (χ0v) is 16.9. The molecule has 156 valence electrons. The Bertz CT molecular complexity index is 1070. The van der Waals surface area contributed by atoms with Crippen molar-refractivity contribution in [3.63, 3.8) is 0 Å². The SMILES string of the molecule is COc1ccc(O)c(C2NC(C)(C(=O)O)C3C(=O)N(c4cccc(Cl)c4)C(=O)C23)c1. The number of methoxy groups -OCH3 is 1. The van der Waals surface area contributed by atoms with Crippen LogP contribution in [-0.4, -0.2) is 40.6 Å². The van der Waals surface area contributed by atoms with Crippen molar-refractivity contribution in [3.8, 4) is 11.5 Å². The fraction of sp³-hybridized carbons (Fsp3) is 0.286. The monoisotopic (exact) mass is 430 g/mol. The van der Waals surface area contributed by atoms with Crippen LogP contribution in [0.4, 0.5) is 5.69 Å². The van der Waals surface area contributed by atoms with Gasteiger partial charge < -0.3 is 14.9 Å². The topological polar surface area (TPSA) is 116 Å². The number of carbonyl (C=O) groups excluding carboxylic acids is 2. The highest BCUT2D eigenvalue weighted by molar-refractivity contribution is 6.31. The van der Waals surface area contributed by atoms with Crippen LogP contribution in [0.2, 0.25) is 5.02 Å². The van der Waals surface area contributed by atoms with Gasteiger partial charge in [0.05, 0.1) is 24.6 Å². The second-order valence-corrected chi connectivity index (χ2v) is 7.99. The summed E-state index contributed by atoms with van der Waals surface area (Å²) in [4.78, 5) is 39.8. The molecule has 2 amide bonds. The van der Waals surface area contributed by atoms with Crippen LogP contribution >= 0.6 is 11.6 Å². The zero-order chi connectivity index (χ0) is 21.8. The first-order chi connectivity index (χ1) is 14.2. The maximum absolute atomic E-state index is 13.4. The van der Waals surface area contributed by atoms with Crippen LogP contribution in [0.1, 0.15) is 18.5 Å². The summed E-state index contributed by atoms with van der Waals surface area (Å²) in [5.41, 5.74) is -1.16. The van der Waals surface area contributed by atoms with Gasteiger partial charge in [-0.05, 0) is 43.3 Å². The summed E-state index contributed by atoms with van der Waals surface area (Å²) < 4.78 is 5.20. The number of hydrogen-bond acceptors (Lipinski definition) is 6. The molecule has 3 N–H and O–H groups in total. The molecule has 0 radical (unpaired) electrons. The van der Waals surface area contributed by atoms with Crippen molar-refractivity contribution in [1.82, 2.24) is 5.32 Å². The van der Waals surface area contributed by atoms with Crippen LogP contribution in [0.3, 0.4) is 0 Å². The van der Waals surface area contributed by atoms with Gasteiger partial charge in [-0.25, -0.2) is 4.90 Å². The number of hydrogen-bond donors (Lipinski definition) is 3. The molecule has 0 aromatic heterocycles. The molecule has 2 heterocycles. The van der Waals surface area contributed by atoms with Gasteiger partial charge in [0.2, 0.25) is 11.8 Å². The number of nitrogens with zero attached hydrogens (tertiary/aromatic N) is 1. The third kappa shape index (κ3) is 2.83. The van der Waals surface area contributed by atoms with Gasteiger partial charge in [-0.2, -0.15) is 0 Å². The van der Waals surface area contributed by atoms with Gasteiger partial charge in [-0.15, -0.1) is 0 Å². The predicted molar refractivity (Wildman–Crippen MR) is 108 cm³/mol. The van der Waals surface area contributed by atoms with Gasteiger partial charge in [-0.1, -0.05) is 17.7 Å². The van der Waals surface area contributed by atoms with Gasteiger partial charge in [0, 0.05) is 16.6 Å². The van der Waals surface area contributed by atoms with E-state index >= 15 is 0 Å². The average molecular weight is 431 g/mol. The number of carboxylic acid groups (broad SMARTS) is 1. The number of amides is 2. The van der Waals surface area contributed by atoms with Crippen molar-refractivity contribution in [2.75, 3.05) is 12.0 Å². The summed E-state index contributed by atoms with van der Waals surface area (Å²) in [7, 11) is 1.45. The summed E-state index contributed by atoms with van der Waals surface area (Å²) in [5.74, 6) is -4.37. The van der Waals surface area contributed by atoms with E-state index in [1.165, 1.54) is 32.2 Å². The van der Waals surface area contributed by atoms with Gasteiger partial charge in [0.1, 0.15) is 17.0 Å². The molecule has 4 atom stereocenters. The number of ether oxygens (including phenoxy) is 1. The summed E-state index contributed by atoms with van der Waals surface area (Å²) in [6, 6.07) is 9.81. The van der Waals surface area contributed by atoms with Crippen LogP contribution in [0.15, 0.2) is 42.5 Å². The lowest BCUT2D eigenvalue weighted by atomic mass is 9.80. The Kier molecular flexibility index (Phi) is 4.71. The lowest BCUT2D eigenvalue weighted by Gasteiger charge is -2.27. The van der Waals surface area contributed by atoms with Crippen LogP contribution < -0.4 is 15.0 Å². The first-order valence-corrected chi connectivity index (χ1v) is 9.58. The molecule has 2 aromatic rings. The number of imide groups is 1. The van der Waals surface area contributed by atoms with Crippen molar-refractivity contribution >= 4 is 35.1 Å². The minimum absolute atomic E-state index is 0.136. The largest absolute Gasteiger partial charge is 0.508 e. The van der Waals surface area contributed by atoms with Crippen LogP contribution in [-0.2, 0) is 14.4 Å². The van der Waals surface area contributed by atoms with Crippen LogP contribution in [0.5, 0.6) is 11.5 Å². The molecular weight excluding hydrogens is 412 g/mol. The van der Waals surface area contributed by atoms with E-state index in [9.17, 15) is 24.6 Å². The average Bonchev–Trinajstić information content (AvgIpc) is 3.16. The second kappa shape index (κ2) is 7.00. The van der Waals surface area contributed by atoms with Crippen LogP contribution in [0.25, 0.3) is 0 Å². The van der Waals surface area contributed by atoms with E-state index in [1.54, 1.807) is 24.3 Å². The molecule has 0 spiro atoms. The van der Waals surface area contributed by atoms with E-state index in [0.717, 1.165) is 4.90 Å². The number of carboxylic acids is 1. The standard InChI is InChI=1S/C21H19ClN2O6/c1-21(20(28)29)16-15(17(23-21)13-9-12(30-2)6-7-14(13)25)18(26)24(19(16)27)11-5-3-4-10(22)8-11/h3-9,15-17,23,25H,1-2H3,(H,28,29). The first-order valence-electron chi connectivity index (χ1n) is 9.20. The third-order valence-corrected chi connectivity index (χ3v) is 6.10. The second-order valence-electron chi connectivity index (χ2n) is 7.55. The van der Waals surface area contributed by atoms with E-state index in [0.29, 0.717) is 10.8 Å². The van der Waals surface area contributed by atoms with Gasteiger partial charge in [0.15, 0.2) is 0 Å². The lowest BCUT2D eigenvalue weighted by molar-refractivity contribution is -0.147. The number of carbonyl (C=O) groups is 3. The normalized spacial score (nSPS) is 28.0. The first kappa shape index (κ1) is 20.2. The molecule has 2 fully saturated rings. The summed E-state index contributed by atoms with van der Waals surface area (Å²) >= 11 is 6.02. The fourth-order valence-electron chi connectivity index (χ4n) is 4.38. The Morgan fingerprint density at radius 1 is 1.20 bits per heavy atom. The van der Waals surface area contributed by atoms with E-state index in [4.69, 9.17) is 16.3 Å². The number of aromatic hydroxyl groups is 1. The Hall–Kier alpha value is -3.10. The maximum Gasteiger partial charge on any atom is 0.324 e. The number of phenols is 1. The summed E-state index contributed by atoms with van der Waals surface area (Å²) in [5, 5.41) is 23.6. The molecule has 9 heteroatoms. The number of fused-ring (bicyclic) bond motifs is 1. The highest BCUT2D eigenvalue weighted by Gasteiger charge is 2.67. The van der Waals surface area contributed by atoms with Crippen molar-refractivity contribution in [2.24, 2.45) is 11.8 Å². The third-order valence-electron chi connectivity index (χ3n) is 5.87. The summed E-state index contributed by atoms with van der Waals surface area (Å²) in [6.45, 7) is 1.37. The Balaban J connectivity index is 1.86. The summed E-state index contributed by atoms with van der Waals surface area (Å²) in [6.07, 6.45) is 0. The smallest absolute Gasteiger partial charge is 0.324 e. The molecule has 2 aromatic carbocycles. The Labute approximate surface area is 177 Å². The minimum atomic E-state index is -1.72. The number of phenolic OH excluding ortho intramolecular Hbond substituents is 1. The number of anilines is 1. The maximum atomic E-state index is 13.4. The lowest BCUT2D eigenvalue weighted by Crippen LogP contribution is -2.53.